The molecule has 1 aromatic carbocycles. The smallest absolute Gasteiger partial charge is 0.220 e. The lowest BCUT2D eigenvalue weighted by Crippen LogP contribution is -2.38. The van der Waals surface area contributed by atoms with Crippen LogP contribution >= 0.6 is 11.3 Å². The molecule has 0 aliphatic carbocycles. The average molecular weight is 328 g/mol. The number of hydrogen-bond donors (Lipinski definition) is 3. The minimum absolute atomic E-state index is 0.0454. The summed E-state index contributed by atoms with van der Waals surface area (Å²) in [7, 11) is 0. The van der Waals surface area contributed by atoms with Crippen LogP contribution in [0.5, 0.6) is 0 Å². The van der Waals surface area contributed by atoms with Crippen LogP contribution in [0.4, 0.5) is 0 Å². The first-order chi connectivity index (χ1) is 11.0. The van der Waals surface area contributed by atoms with Gasteiger partial charge in [0.15, 0.2) is 0 Å². The average Bonchev–Trinajstić information content (AvgIpc) is 3.21. The lowest BCUT2D eigenvalue weighted by molar-refractivity contribution is -0.122. The summed E-state index contributed by atoms with van der Waals surface area (Å²) >= 11 is 1.49. The Morgan fingerprint density at radius 1 is 1.35 bits per heavy atom. The van der Waals surface area contributed by atoms with Gasteiger partial charge in [0.25, 0.3) is 0 Å². The van der Waals surface area contributed by atoms with Crippen molar-refractivity contribution in [1.82, 2.24) is 10.3 Å². The van der Waals surface area contributed by atoms with E-state index in [4.69, 9.17) is 0 Å². The molecule has 0 saturated carbocycles. The number of carbonyl (C=O) groups excluding carboxylic acids is 1. The summed E-state index contributed by atoms with van der Waals surface area (Å²) in [6.07, 6.45) is 3.01. The molecule has 0 fully saturated rings. The normalized spacial score (nSPS) is 13.8. The molecule has 23 heavy (non-hydrogen) atoms. The van der Waals surface area contributed by atoms with E-state index in [0.717, 1.165) is 21.3 Å². The summed E-state index contributed by atoms with van der Waals surface area (Å²) in [6.45, 7) is 1.95. The minimum Gasteiger partial charge on any atom is -0.383 e. The van der Waals surface area contributed by atoms with Crippen molar-refractivity contribution in [3.63, 3.8) is 0 Å². The van der Waals surface area contributed by atoms with Crippen LogP contribution in [-0.4, -0.2) is 22.5 Å². The maximum Gasteiger partial charge on any atom is 0.220 e. The molecule has 3 aromatic rings. The number of benzene rings is 1. The number of rotatable bonds is 6. The maximum absolute atomic E-state index is 12.0. The molecule has 4 nitrogen and oxygen atoms in total. The zero-order valence-corrected chi connectivity index (χ0v) is 13.8. The first kappa shape index (κ1) is 15.8. The van der Waals surface area contributed by atoms with Gasteiger partial charge in [0.05, 0.1) is 6.54 Å². The fourth-order valence-corrected chi connectivity index (χ4v) is 3.33. The van der Waals surface area contributed by atoms with Crippen LogP contribution in [0.15, 0.2) is 48.0 Å². The summed E-state index contributed by atoms with van der Waals surface area (Å²) < 4.78 is 0. The zero-order chi connectivity index (χ0) is 16.3. The van der Waals surface area contributed by atoms with Gasteiger partial charge < -0.3 is 15.4 Å². The number of aromatic nitrogens is 1. The molecule has 0 radical (unpaired) electrons. The van der Waals surface area contributed by atoms with E-state index >= 15 is 0 Å². The van der Waals surface area contributed by atoms with Gasteiger partial charge in [0, 0.05) is 23.0 Å². The molecular weight excluding hydrogens is 308 g/mol. The van der Waals surface area contributed by atoms with Crippen LogP contribution < -0.4 is 5.32 Å². The zero-order valence-electron chi connectivity index (χ0n) is 13.0. The first-order valence-electron chi connectivity index (χ1n) is 7.64. The standard InChI is InChI=1S/C18H20N2O2S/c1-18(22,16-3-2-10-23-16)12-20-17(21)7-5-13-4-6-15-14(11-13)8-9-19-15/h2-4,6,8-11,19,22H,5,7,12H2,1H3,(H,20,21). The third-order valence-corrected chi connectivity index (χ3v) is 5.06. The van der Waals surface area contributed by atoms with Crippen LogP contribution in [0, 0.1) is 0 Å². The molecule has 0 aliphatic rings. The van der Waals surface area contributed by atoms with Crippen LogP contribution in [0.2, 0.25) is 0 Å². The van der Waals surface area contributed by atoms with E-state index in [0.29, 0.717) is 12.8 Å². The Hall–Kier alpha value is -2.11. The quantitative estimate of drug-likeness (QED) is 0.650. The Balaban J connectivity index is 1.51. The monoisotopic (exact) mass is 328 g/mol. The van der Waals surface area contributed by atoms with E-state index in [1.165, 1.54) is 11.3 Å². The van der Waals surface area contributed by atoms with Gasteiger partial charge >= 0.3 is 0 Å². The van der Waals surface area contributed by atoms with Crippen molar-refractivity contribution in [1.29, 1.82) is 0 Å². The summed E-state index contributed by atoms with van der Waals surface area (Å²) in [6, 6.07) is 12.0. The van der Waals surface area contributed by atoms with E-state index in [1.54, 1.807) is 6.92 Å². The third kappa shape index (κ3) is 3.81. The van der Waals surface area contributed by atoms with Crippen LogP contribution in [0.1, 0.15) is 23.8 Å². The van der Waals surface area contributed by atoms with E-state index in [1.807, 2.05) is 41.9 Å². The van der Waals surface area contributed by atoms with Gasteiger partial charge in [-0.1, -0.05) is 12.1 Å². The molecule has 120 valence electrons. The molecule has 1 unspecified atom stereocenters. The van der Waals surface area contributed by atoms with Gasteiger partial charge in [-0.05, 0) is 53.9 Å². The van der Waals surface area contributed by atoms with Gasteiger partial charge in [-0.2, -0.15) is 0 Å². The molecular formula is C18H20N2O2S. The molecule has 2 heterocycles. The van der Waals surface area contributed by atoms with Gasteiger partial charge in [0.2, 0.25) is 5.91 Å². The predicted molar refractivity (Wildman–Crippen MR) is 93.5 cm³/mol. The van der Waals surface area contributed by atoms with Crippen LogP contribution in [0.25, 0.3) is 10.9 Å². The Labute approximate surface area is 139 Å². The molecule has 0 saturated heterocycles. The molecule has 0 spiro atoms. The van der Waals surface area contributed by atoms with E-state index in [2.05, 4.69) is 16.4 Å². The van der Waals surface area contributed by atoms with Crippen molar-refractivity contribution in [2.24, 2.45) is 0 Å². The Morgan fingerprint density at radius 3 is 3.00 bits per heavy atom. The lowest BCUT2D eigenvalue weighted by atomic mass is 10.0. The van der Waals surface area contributed by atoms with Crippen molar-refractivity contribution in [3.8, 4) is 0 Å². The van der Waals surface area contributed by atoms with E-state index in [9.17, 15) is 9.90 Å². The second-order valence-electron chi connectivity index (χ2n) is 5.93. The molecule has 0 bridgehead atoms. The minimum atomic E-state index is -1.02. The largest absolute Gasteiger partial charge is 0.383 e. The Kier molecular flexibility index (Phi) is 4.50. The molecule has 3 rings (SSSR count). The van der Waals surface area contributed by atoms with Crippen molar-refractivity contribution in [2.45, 2.75) is 25.4 Å². The molecule has 1 amide bonds. The SMILES string of the molecule is CC(O)(CNC(=O)CCc1ccc2[nH]ccc2c1)c1cccs1. The van der Waals surface area contributed by atoms with E-state index < -0.39 is 5.60 Å². The maximum atomic E-state index is 12.0. The molecule has 1 atom stereocenters. The van der Waals surface area contributed by atoms with Crippen molar-refractivity contribution < 1.29 is 9.90 Å². The highest BCUT2D eigenvalue weighted by molar-refractivity contribution is 7.10. The van der Waals surface area contributed by atoms with Crippen molar-refractivity contribution in [2.75, 3.05) is 6.54 Å². The number of fused-ring (bicyclic) bond motifs is 1. The second kappa shape index (κ2) is 6.56. The van der Waals surface area contributed by atoms with Gasteiger partial charge in [-0.15, -0.1) is 11.3 Å². The third-order valence-electron chi connectivity index (χ3n) is 3.94. The lowest BCUT2D eigenvalue weighted by Gasteiger charge is -2.22. The number of aryl methyl sites for hydroxylation is 1. The van der Waals surface area contributed by atoms with Gasteiger partial charge in [0.1, 0.15) is 5.60 Å². The number of nitrogens with one attached hydrogen (secondary N) is 2. The Morgan fingerprint density at radius 2 is 2.22 bits per heavy atom. The van der Waals surface area contributed by atoms with Crippen molar-refractivity contribution in [3.05, 3.63) is 58.4 Å². The highest BCUT2D eigenvalue weighted by Gasteiger charge is 2.24. The van der Waals surface area contributed by atoms with E-state index in [-0.39, 0.29) is 12.5 Å². The first-order valence-corrected chi connectivity index (χ1v) is 8.52. The summed E-state index contributed by atoms with van der Waals surface area (Å²) in [5.41, 5.74) is 1.22. The van der Waals surface area contributed by atoms with Gasteiger partial charge in [-0.25, -0.2) is 0 Å². The number of amides is 1. The highest BCUT2D eigenvalue weighted by atomic mass is 32.1. The fraction of sp³-hybridized carbons (Fsp3) is 0.278. The molecule has 3 N–H and O–H groups in total. The number of aromatic amines is 1. The van der Waals surface area contributed by atoms with Gasteiger partial charge in [-0.3, -0.25) is 4.79 Å². The predicted octanol–water partition coefficient (Wildman–Crippen LogP) is 3.19. The number of H-pyrrole nitrogens is 1. The fourth-order valence-electron chi connectivity index (χ4n) is 2.55. The molecule has 2 aromatic heterocycles. The Bertz CT molecular complexity index is 790. The number of carbonyl (C=O) groups is 1. The molecule has 0 aliphatic heterocycles. The molecule has 5 heteroatoms. The van der Waals surface area contributed by atoms with Crippen LogP contribution in [-0.2, 0) is 16.8 Å². The summed E-state index contributed by atoms with van der Waals surface area (Å²) in [4.78, 5) is 16.0. The summed E-state index contributed by atoms with van der Waals surface area (Å²) in [5, 5.41) is 16.3. The number of thiophene rings is 1. The second-order valence-corrected chi connectivity index (χ2v) is 6.87. The summed E-state index contributed by atoms with van der Waals surface area (Å²) in [5.74, 6) is -0.0454. The topological polar surface area (TPSA) is 65.1 Å². The van der Waals surface area contributed by atoms with Crippen LogP contribution in [0.3, 0.4) is 0 Å². The number of aliphatic hydroxyl groups is 1. The highest BCUT2D eigenvalue weighted by Crippen LogP contribution is 2.24. The number of hydrogen-bond acceptors (Lipinski definition) is 3. The van der Waals surface area contributed by atoms with Crippen molar-refractivity contribution >= 4 is 28.1 Å².